The highest BCUT2D eigenvalue weighted by Crippen LogP contribution is 2.23. The molecule has 0 aliphatic heterocycles. The normalized spacial score (nSPS) is 9.82. The average Bonchev–Trinajstić information content (AvgIpc) is 1.59. The van der Waals surface area contributed by atoms with E-state index in [0.29, 0.717) is 0 Å². The van der Waals surface area contributed by atoms with E-state index in [4.69, 9.17) is 81.2 Å². The van der Waals surface area contributed by atoms with Gasteiger partial charge >= 0.3 is 0 Å². The molecule has 0 amide bonds. The highest BCUT2D eigenvalue weighted by molar-refractivity contribution is 6.68. The summed E-state index contributed by atoms with van der Waals surface area (Å²) in [6, 6.07) is 0. The Hall–Kier alpha value is 1.77. The Labute approximate surface area is 100 Å². The first-order valence-corrected chi connectivity index (χ1v) is 4.72. The minimum atomic E-state index is -1.08. The minimum Gasteiger partial charge on any atom is -0.0840 e. The molecular weight excluding hydrogens is 296 g/mol. The van der Waals surface area contributed by atoms with Gasteiger partial charge in [-0.15, -0.1) is 0 Å². The zero-order valence-electron chi connectivity index (χ0n) is 5.15. The third-order valence-electron chi connectivity index (χ3n) is 0.143. The minimum absolute atomic E-state index is 0.0988. The third-order valence-corrected chi connectivity index (χ3v) is 1.29. The van der Waals surface area contributed by atoms with E-state index < -0.39 is 3.79 Å². The summed E-state index contributed by atoms with van der Waals surface area (Å²) < 4.78 is -1.28. The fourth-order valence-corrected chi connectivity index (χ4v) is 0. The van der Waals surface area contributed by atoms with Crippen LogP contribution in [0.15, 0.2) is 8.98 Å². The zero-order chi connectivity index (χ0) is 9.65. The molecule has 0 radical (unpaired) electrons. The summed E-state index contributed by atoms with van der Waals surface area (Å²) in [4.78, 5) is 0. The highest BCUT2D eigenvalue weighted by Gasteiger charge is 2.07. The van der Waals surface area contributed by atoms with Crippen molar-refractivity contribution >= 4 is 81.2 Å². The second-order valence-corrected chi connectivity index (χ2v) is 6.05. The fourth-order valence-electron chi connectivity index (χ4n) is 0. The van der Waals surface area contributed by atoms with Crippen molar-refractivity contribution in [3.05, 3.63) is 8.98 Å². The van der Waals surface area contributed by atoms with Crippen LogP contribution < -0.4 is 0 Å². The van der Waals surface area contributed by atoms with Crippen LogP contribution in [0.2, 0.25) is 0 Å². The maximum absolute atomic E-state index is 5.06. The van der Waals surface area contributed by atoms with E-state index in [9.17, 15) is 0 Å². The lowest BCUT2D eigenvalue weighted by atomic mass is 10.9. The molecule has 0 spiro atoms. The predicted octanol–water partition coefficient (Wildman–Crippen LogP) is 5.44. The molecule has 7 heteroatoms. The van der Waals surface area contributed by atoms with Crippen LogP contribution in [-0.2, 0) is 0 Å². The topological polar surface area (TPSA) is 0 Å². The van der Waals surface area contributed by atoms with Gasteiger partial charge in [-0.3, -0.25) is 0 Å². The van der Waals surface area contributed by atoms with Gasteiger partial charge in [0.05, 0.1) is 0 Å². The fraction of sp³-hybridized carbons (Fsp3) is 0.500. The molecule has 0 N–H and O–H groups in total. The maximum Gasteiger partial charge on any atom is 0.187 e. The van der Waals surface area contributed by atoms with E-state index in [-0.39, 0.29) is 8.98 Å². The summed E-state index contributed by atoms with van der Waals surface area (Å²) in [5, 5.41) is 0. The molecule has 0 nitrogen and oxygen atoms in total. The van der Waals surface area contributed by atoms with E-state index in [0.717, 1.165) is 0 Å². The molecule has 0 aliphatic carbocycles. The standard InChI is InChI=1S/C2Cl4.C2H3Cl3/c3-1(4)2(5)6;1-2(3,4)5/h;1H3. The van der Waals surface area contributed by atoms with Crippen LogP contribution in [0.1, 0.15) is 6.92 Å². The smallest absolute Gasteiger partial charge is 0.0840 e. The van der Waals surface area contributed by atoms with Crippen molar-refractivity contribution < 1.29 is 0 Å². The first kappa shape index (κ1) is 15.3. The molecule has 11 heavy (non-hydrogen) atoms. The monoisotopic (exact) mass is 296 g/mol. The van der Waals surface area contributed by atoms with E-state index in [1.54, 1.807) is 0 Å². The van der Waals surface area contributed by atoms with Crippen molar-refractivity contribution in [3.8, 4) is 0 Å². The molecule has 0 unspecified atom stereocenters. The molecule has 0 aliphatic rings. The van der Waals surface area contributed by atoms with Gasteiger partial charge in [0.1, 0.15) is 8.98 Å². The second kappa shape index (κ2) is 7.20. The molecule has 0 aromatic rings. The molecular formula is C4H3Cl7. The van der Waals surface area contributed by atoms with E-state index in [1.165, 1.54) is 6.92 Å². The Bertz CT molecular complexity index is 108. The highest BCUT2D eigenvalue weighted by atomic mass is 35.6. The van der Waals surface area contributed by atoms with Gasteiger partial charge in [-0.25, -0.2) is 0 Å². The predicted molar refractivity (Wildman–Crippen MR) is 56.4 cm³/mol. The van der Waals surface area contributed by atoms with Crippen molar-refractivity contribution in [2.45, 2.75) is 10.7 Å². The Morgan fingerprint density at radius 2 is 0.909 bits per heavy atom. The largest absolute Gasteiger partial charge is 0.187 e. The van der Waals surface area contributed by atoms with Crippen molar-refractivity contribution in [2.24, 2.45) is 0 Å². The number of hydrogen-bond donors (Lipinski definition) is 0. The lowest BCUT2D eigenvalue weighted by Gasteiger charge is -1.94. The van der Waals surface area contributed by atoms with Crippen LogP contribution in [0.5, 0.6) is 0 Å². The van der Waals surface area contributed by atoms with Gasteiger partial charge in [0.25, 0.3) is 0 Å². The molecule has 0 atom stereocenters. The number of halogens is 7. The van der Waals surface area contributed by atoms with Crippen LogP contribution in [0.25, 0.3) is 0 Å². The van der Waals surface area contributed by atoms with E-state index in [1.807, 2.05) is 0 Å². The molecule has 0 saturated heterocycles. The SMILES string of the molecule is CC(Cl)(Cl)Cl.ClC(Cl)=C(Cl)Cl. The van der Waals surface area contributed by atoms with Crippen molar-refractivity contribution in [1.29, 1.82) is 0 Å². The Morgan fingerprint density at radius 1 is 0.818 bits per heavy atom. The molecule has 0 bridgehead atoms. The van der Waals surface area contributed by atoms with Gasteiger partial charge < -0.3 is 0 Å². The van der Waals surface area contributed by atoms with Gasteiger partial charge in [0.15, 0.2) is 3.79 Å². The quantitative estimate of drug-likeness (QED) is 0.522. The van der Waals surface area contributed by atoms with Crippen molar-refractivity contribution in [2.75, 3.05) is 0 Å². The van der Waals surface area contributed by atoms with Crippen molar-refractivity contribution in [3.63, 3.8) is 0 Å². The molecule has 0 fully saturated rings. The average molecular weight is 299 g/mol. The lowest BCUT2D eigenvalue weighted by Crippen LogP contribution is -1.87. The zero-order valence-corrected chi connectivity index (χ0v) is 10.4. The summed E-state index contributed by atoms with van der Waals surface area (Å²) in [7, 11) is 0. The maximum atomic E-state index is 5.06. The van der Waals surface area contributed by atoms with E-state index >= 15 is 0 Å². The van der Waals surface area contributed by atoms with E-state index in [2.05, 4.69) is 0 Å². The Balaban J connectivity index is 0. The molecule has 0 aromatic carbocycles. The lowest BCUT2D eigenvalue weighted by molar-refractivity contribution is 1.27. The van der Waals surface area contributed by atoms with Crippen LogP contribution in [0.4, 0.5) is 0 Å². The van der Waals surface area contributed by atoms with Crippen molar-refractivity contribution in [1.82, 2.24) is 0 Å². The Morgan fingerprint density at radius 3 is 0.909 bits per heavy atom. The first-order chi connectivity index (χ1) is 4.64. The summed E-state index contributed by atoms with van der Waals surface area (Å²) in [5.41, 5.74) is 0. The number of rotatable bonds is 0. The molecule has 0 rings (SSSR count). The van der Waals surface area contributed by atoms with Crippen LogP contribution >= 0.6 is 81.2 Å². The third kappa shape index (κ3) is 33.7. The molecule has 68 valence electrons. The van der Waals surface area contributed by atoms with Gasteiger partial charge in [-0.05, 0) is 6.92 Å². The summed E-state index contributed by atoms with van der Waals surface area (Å²) in [6.07, 6.45) is 0. The summed E-state index contributed by atoms with van der Waals surface area (Å²) in [6.45, 7) is 1.48. The van der Waals surface area contributed by atoms with Gasteiger partial charge in [0.2, 0.25) is 0 Å². The number of alkyl halides is 3. The summed E-state index contributed by atoms with van der Waals surface area (Å²) in [5.74, 6) is 0. The summed E-state index contributed by atoms with van der Waals surface area (Å²) >= 11 is 35.2. The molecule has 0 saturated carbocycles. The number of hydrogen-bond acceptors (Lipinski definition) is 0. The van der Waals surface area contributed by atoms with Gasteiger partial charge in [-0.2, -0.15) is 0 Å². The molecule has 0 aromatic heterocycles. The second-order valence-electron chi connectivity index (χ2n) is 1.30. The van der Waals surface area contributed by atoms with Crippen LogP contribution in [0.3, 0.4) is 0 Å². The van der Waals surface area contributed by atoms with Crippen LogP contribution in [0, 0.1) is 0 Å². The van der Waals surface area contributed by atoms with Gasteiger partial charge in [0, 0.05) is 0 Å². The van der Waals surface area contributed by atoms with Gasteiger partial charge in [-0.1, -0.05) is 81.2 Å². The Kier molecular flexibility index (Phi) is 9.98. The molecule has 0 heterocycles. The first-order valence-electron chi connectivity index (χ1n) is 2.07. The van der Waals surface area contributed by atoms with Crippen LogP contribution in [-0.4, -0.2) is 3.79 Å².